The maximum atomic E-state index is 12.3. The Morgan fingerprint density at radius 3 is 2.66 bits per heavy atom. The number of para-hydroxylation sites is 1. The quantitative estimate of drug-likeness (QED) is 0.691. The fourth-order valence-corrected chi connectivity index (χ4v) is 4.13. The van der Waals surface area contributed by atoms with Crippen LogP contribution in [0.15, 0.2) is 47.6 Å². The van der Waals surface area contributed by atoms with Gasteiger partial charge in [0, 0.05) is 19.2 Å². The third-order valence-corrected chi connectivity index (χ3v) is 5.88. The number of anilines is 2. The van der Waals surface area contributed by atoms with Gasteiger partial charge in [-0.3, -0.25) is 4.79 Å². The molecule has 1 saturated heterocycles. The van der Waals surface area contributed by atoms with Gasteiger partial charge in [-0.25, -0.2) is 10.2 Å². The number of nitrogens with zero attached hydrogens (tertiary/aromatic N) is 3. The molecule has 3 heterocycles. The highest BCUT2D eigenvalue weighted by atomic mass is 16.6. The first kappa shape index (κ1) is 22.8. The van der Waals surface area contributed by atoms with Gasteiger partial charge >= 0.3 is 6.09 Å². The molecule has 5 rings (SSSR count). The van der Waals surface area contributed by atoms with Gasteiger partial charge < -0.3 is 29.3 Å². The van der Waals surface area contributed by atoms with Crippen molar-refractivity contribution in [3.05, 3.63) is 42.5 Å². The molecule has 2 aromatic carbocycles. The zero-order valence-electron chi connectivity index (χ0n) is 20.2. The molecule has 0 aromatic heterocycles. The Bertz CT molecular complexity index is 1170. The molecule has 0 saturated carbocycles. The minimum absolute atomic E-state index is 0.0124. The second-order valence-corrected chi connectivity index (χ2v) is 9.80. The van der Waals surface area contributed by atoms with Crippen molar-refractivity contribution in [2.45, 2.75) is 45.4 Å². The van der Waals surface area contributed by atoms with Gasteiger partial charge in [0.25, 0.3) is 5.91 Å². The van der Waals surface area contributed by atoms with Gasteiger partial charge in [-0.1, -0.05) is 18.2 Å². The third-order valence-electron chi connectivity index (χ3n) is 5.88. The maximum absolute atomic E-state index is 12.3. The number of likely N-dealkylation sites (tertiary alicyclic amines) is 1. The first-order chi connectivity index (χ1) is 16.7. The largest absolute Gasteiger partial charge is 0.483 e. The lowest BCUT2D eigenvalue weighted by molar-refractivity contribution is -0.122. The van der Waals surface area contributed by atoms with Gasteiger partial charge in [0.1, 0.15) is 29.7 Å². The normalized spacial score (nSPS) is 19.4. The molecule has 3 aliphatic rings. The number of hydrazone groups is 1. The van der Waals surface area contributed by atoms with Crippen molar-refractivity contribution in [2.75, 3.05) is 29.9 Å². The second kappa shape index (κ2) is 8.68. The van der Waals surface area contributed by atoms with E-state index in [0.29, 0.717) is 36.2 Å². The number of rotatable bonds is 4. The zero-order chi connectivity index (χ0) is 24.7. The summed E-state index contributed by atoms with van der Waals surface area (Å²) in [5, 5.41) is 7.65. The molecule has 35 heavy (non-hydrogen) atoms. The smallest absolute Gasteiger partial charge is 0.410 e. The van der Waals surface area contributed by atoms with E-state index in [1.165, 1.54) is 0 Å². The topological polar surface area (TPSA) is 105 Å². The summed E-state index contributed by atoms with van der Waals surface area (Å²) < 4.78 is 17.6. The summed E-state index contributed by atoms with van der Waals surface area (Å²) in [5.74, 6) is 2.31. The van der Waals surface area contributed by atoms with Crippen LogP contribution in [0, 0.1) is 0 Å². The Kier molecular flexibility index (Phi) is 5.66. The third kappa shape index (κ3) is 4.68. The van der Waals surface area contributed by atoms with Crippen molar-refractivity contribution in [1.29, 1.82) is 0 Å². The highest BCUT2D eigenvalue weighted by Crippen LogP contribution is 2.44. The lowest BCUT2D eigenvalue weighted by atomic mass is 10.1. The maximum Gasteiger partial charge on any atom is 0.410 e. The molecular weight excluding hydrogens is 450 g/mol. The molecule has 2 amide bonds. The fraction of sp³-hybridized carbons (Fsp3) is 0.400. The van der Waals surface area contributed by atoms with Gasteiger partial charge in [0.15, 0.2) is 11.6 Å². The summed E-state index contributed by atoms with van der Waals surface area (Å²) >= 11 is 0. The van der Waals surface area contributed by atoms with E-state index >= 15 is 0 Å². The van der Waals surface area contributed by atoms with Crippen molar-refractivity contribution < 1.29 is 23.8 Å². The van der Waals surface area contributed by atoms with E-state index in [1.807, 2.05) is 75.1 Å². The highest BCUT2D eigenvalue weighted by Gasteiger charge is 2.37. The lowest BCUT2D eigenvalue weighted by Gasteiger charge is -2.41. The van der Waals surface area contributed by atoms with E-state index in [4.69, 9.17) is 14.2 Å². The van der Waals surface area contributed by atoms with Crippen LogP contribution in [-0.2, 0) is 9.53 Å². The minimum Gasteiger partial charge on any atom is -0.483 e. The van der Waals surface area contributed by atoms with Crippen molar-refractivity contribution in [2.24, 2.45) is 5.10 Å². The van der Waals surface area contributed by atoms with E-state index in [0.717, 1.165) is 11.4 Å². The molecule has 2 N–H and O–H groups in total. The molecule has 1 unspecified atom stereocenters. The molecule has 0 spiro atoms. The highest BCUT2D eigenvalue weighted by molar-refractivity contribution is 6.09. The Balaban J connectivity index is 1.42. The van der Waals surface area contributed by atoms with Crippen molar-refractivity contribution >= 4 is 29.2 Å². The number of ether oxygens (including phenoxy) is 3. The van der Waals surface area contributed by atoms with E-state index in [2.05, 4.69) is 15.8 Å². The summed E-state index contributed by atoms with van der Waals surface area (Å²) in [7, 11) is 0. The second-order valence-electron chi connectivity index (χ2n) is 9.80. The predicted octanol–water partition coefficient (Wildman–Crippen LogP) is 3.54. The number of fused-ring (bicyclic) bond motifs is 3. The predicted molar refractivity (Wildman–Crippen MR) is 131 cm³/mol. The van der Waals surface area contributed by atoms with Crippen LogP contribution in [0.1, 0.15) is 27.7 Å². The lowest BCUT2D eigenvalue weighted by Crippen LogP contribution is -2.58. The van der Waals surface area contributed by atoms with Crippen LogP contribution in [0.5, 0.6) is 17.2 Å². The van der Waals surface area contributed by atoms with Gasteiger partial charge in [0.2, 0.25) is 0 Å². The molecular formula is C25H29N5O5. The Morgan fingerprint density at radius 2 is 1.94 bits per heavy atom. The number of hydrogen-bond donors (Lipinski definition) is 2. The fourth-order valence-electron chi connectivity index (χ4n) is 4.13. The average molecular weight is 480 g/mol. The molecule has 0 bridgehead atoms. The van der Waals surface area contributed by atoms with Gasteiger partial charge in [-0.15, -0.1) is 0 Å². The van der Waals surface area contributed by atoms with Gasteiger partial charge in [0.05, 0.1) is 17.4 Å². The van der Waals surface area contributed by atoms with Crippen molar-refractivity contribution in [3.8, 4) is 17.2 Å². The van der Waals surface area contributed by atoms with Crippen LogP contribution in [-0.4, -0.2) is 60.1 Å². The van der Waals surface area contributed by atoms with E-state index in [1.54, 1.807) is 4.90 Å². The number of benzene rings is 2. The van der Waals surface area contributed by atoms with Crippen LogP contribution in [0.3, 0.4) is 0 Å². The summed E-state index contributed by atoms with van der Waals surface area (Å²) in [6, 6.07) is 12.8. The van der Waals surface area contributed by atoms with Crippen LogP contribution in [0.2, 0.25) is 0 Å². The molecule has 0 aliphatic carbocycles. The number of carbonyl (C=O) groups excluding carboxylic acids is 2. The zero-order valence-corrected chi connectivity index (χ0v) is 20.2. The van der Waals surface area contributed by atoms with Crippen LogP contribution in [0.4, 0.5) is 16.2 Å². The number of hydrogen-bond acceptors (Lipinski definition) is 8. The first-order valence-corrected chi connectivity index (χ1v) is 11.6. The Labute approximate surface area is 203 Å². The molecule has 10 nitrogen and oxygen atoms in total. The average Bonchev–Trinajstić information content (AvgIpc) is 2.77. The molecule has 2 aromatic rings. The van der Waals surface area contributed by atoms with Crippen LogP contribution in [0.25, 0.3) is 0 Å². The minimum atomic E-state index is -0.540. The standard InChI is InChI=1S/C25H29N5O5/c1-15-23(31)28-27-22-14-33-21-11-20(34-17-8-6-5-7-9-17)18(10-19(21)30(15)22)26-16-12-29(13-16)24(32)35-25(2,3)4/h5-11,15-16,26H,12-14H2,1-4H3,(H,28,31). The Hall–Kier alpha value is -3.95. The van der Waals surface area contributed by atoms with E-state index < -0.39 is 11.6 Å². The van der Waals surface area contributed by atoms with Gasteiger partial charge in [-0.05, 0) is 45.9 Å². The molecule has 10 heteroatoms. The van der Waals surface area contributed by atoms with E-state index in [-0.39, 0.29) is 24.6 Å². The summed E-state index contributed by atoms with van der Waals surface area (Å²) in [6.07, 6.45) is -0.329. The van der Waals surface area contributed by atoms with Gasteiger partial charge in [-0.2, -0.15) is 5.10 Å². The van der Waals surface area contributed by atoms with Crippen molar-refractivity contribution in [3.63, 3.8) is 0 Å². The number of carbonyl (C=O) groups is 2. The Morgan fingerprint density at radius 1 is 1.20 bits per heavy atom. The first-order valence-electron chi connectivity index (χ1n) is 11.6. The monoisotopic (exact) mass is 479 g/mol. The summed E-state index contributed by atoms with van der Waals surface area (Å²) in [6.45, 7) is 8.62. The van der Waals surface area contributed by atoms with Crippen molar-refractivity contribution in [1.82, 2.24) is 10.3 Å². The number of amides is 2. The summed E-state index contributed by atoms with van der Waals surface area (Å²) in [4.78, 5) is 28.2. The van der Waals surface area contributed by atoms with E-state index in [9.17, 15) is 9.59 Å². The number of amidine groups is 1. The van der Waals surface area contributed by atoms with Crippen LogP contribution >= 0.6 is 0 Å². The summed E-state index contributed by atoms with van der Waals surface area (Å²) in [5.41, 5.74) is 3.45. The molecule has 1 fully saturated rings. The number of nitrogens with one attached hydrogen (secondary N) is 2. The molecule has 184 valence electrons. The molecule has 1 atom stereocenters. The van der Waals surface area contributed by atoms with Crippen LogP contribution < -0.4 is 25.1 Å². The SMILES string of the molecule is CC1C(=O)NN=C2COc3cc(Oc4ccccc4)c(NC4CN(C(=O)OC(C)(C)C)C4)cc3N21. The molecule has 0 radical (unpaired) electrons. The molecule has 3 aliphatic heterocycles.